The summed E-state index contributed by atoms with van der Waals surface area (Å²) < 4.78 is 0. The van der Waals surface area contributed by atoms with Crippen molar-refractivity contribution in [2.45, 2.75) is 24.9 Å². The van der Waals surface area contributed by atoms with Gasteiger partial charge in [0.25, 0.3) is 0 Å². The van der Waals surface area contributed by atoms with Gasteiger partial charge in [-0.3, -0.25) is 25.8 Å². The van der Waals surface area contributed by atoms with Crippen molar-refractivity contribution >= 4 is 23.2 Å². The maximum Gasteiger partial charge on any atom is 0.242 e. The first-order valence-corrected chi connectivity index (χ1v) is 11.6. The lowest BCUT2D eigenvalue weighted by Crippen LogP contribution is -2.71. The average molecular weight is 456 g/mol. The van der Waals surface area contributed by atoms with Crippen LogP contribution in [0.25, 0.3) is 0 Å². The minimum Gasteiger partial charge on any atom is -0.369 e. The molecule has 170 valence electrons. The summed E-state index contributed by atoms with van der Waals surface area (Å²) in [5, 5.41) is 14.8. The number of anilines is 1. The molecule has 8 nitrogen and oxygen atoms in total. The normalized spacial score (nSPS) is 28.6. The molecule has 0 aromatic heterocycles. The zero-order chi connectivity index (χ0) is 21.9. The van der Waals surface area contributed by atoms with Gasteiger partial charge in [-0.2, -0.15) is 0 Å². The van der Waals surface area contributed by atoms with E-state index in [2.05, 4.69) is 61.3 Å². The molecule has 0 aliphatic carbocycles. The van der Waals surface area contributed by atoms with Gasteiger partial charge in [-0.1, -0.05) is 35.9 Å². The van der Waals surface area contributed by atoms with Gasteiger partial charge in [-0.25, -0.2) is 5.43 Å². The van der Waals surface area contributed by atoms with Crippen LogP contribution in [0, 0.1) is 5.92 Å². The smallest absolute Gasteiger partial charge is 0.242 e. The minimum absolute atomic E-state index is 0.00448. The molecule has 6 N–H and O–H groups in total. The van der Waals surface area contributed by atoms with Crippen molar-refractivity contribution in [2.75, 3.05) is 38.0 Å². The molecule has 0 spiro atoms. The molecular formula is C23H30ClN7O. The summed E-state index contributed by atoms with van der Waals surface area (Å²) in [6.07, 6.45) is -0.311. The van der Waals surface area contributed by atoms with Crippen LogP contribution in [0.2, 0.25) is 5.02 Å². The van der Waals surface area contributed by atoms with Gasteiger partial charge in [0.1, 0.15) is 0 Å². The lowest BCUT2D eigenvalue weighted by molar-refractivity contribution is -0.131. The molecule has 9 heteroatoms. The fourth-order valence-corrected chi connectivity index (χ4v) is 4.85. The van der Waals surface area contributed by atoms with E-state index >= 15 is 0 Å². The topological polar surface area (TPSA) is 92.5 Å². The third kappa shape index (κ3) is 4.91. The molecule has 5 rings (SSSR count). The third-order valence-electron chi connectivity index (χ3n) is 6.45. The van der Waals surface area contributed by atoms with Crippen molar-refractivity contribution < 1.29 is 4.79 Å². The lowest BCUT2D eigenvalue weighted by atomic mass is 9.89. The number of benzene rings is 2. The van der Waals surface area contributed by atoms with Crippen molar-refractivity contribution in [3.8, 4) is 0 Å². The predicted molar refractivity (Wildman–Crippen MR) is 126 cm³/mol. The Morgan fingerprint density at radius 2 is 1.75 bits per heavy atom. The number of hydrogen-bond acceptors (Lipinski definition) is 7. The molecule has 3 heterocycles. The van der Waals surface area contributed by atoms with Gasteiger partial charge in [-0.05, 0) is 35.4 Å². The van der Waals surface area contributed by atoms with E-state index < -0.39 is 0 Å². The summed E-state index contributed by atoms with van der Waals surface area (Å²) >= 11 is 6.07. The van der Waals surface area contributed by atoms with Crippen LogP contribution in [0.15, 0.2) is 48.5 Å². The highest BCUT2D eigenvalue weighted by atomic mass is 35.5. The van der Waals surface area contributed by atoms with Gasteiger partial charge in [0, 0.05) is 56.0 Å². The van der Waals surface area contributed by atoms with Gasteiger partial charge >= 0.3 is 0 Å². The Kier molecular flexibility index (Phi) is 6.59. The van der Waals surface area contributed by atoms with E-state index in [1.54, 1.807) is 0 Å². The first-order valence-electron chi connectivity index (χ1n) is 11.2. The Hall–Kier alpha value is -2.20. The first kappa shape index (κ1) is 21.6. The van der Waals surface area contributed by atoms with Crippen LogP contribution in [-0.4, -0.2) is 55.7 Å². The van der Waals surface area contributed by atoms with Gasteiger partial charge in [0.15, 0.2) is 0 Å². The number of fused-ring (bicyclic) bond motifs is 1. The van der Waals surface area contributed by atoms with E-state index in [4.69, 9.17) is 11.6 Å². The number of carbonyl (C=O) groups is 1. The van der Waals surface area contributed by atoms with E-state index in [0.717, 1.165) is 44.0 Å². The summed E-state index contributed by atoms with van der Waals surface area (Å²) in [7, 11) is 0. The Labute approximate surface area is 193 Å². The SMILES string of the molecule is O=C1NNCC2NC(c3ccc(Cl)cc3)NC(Nc3ccc(CN4CCNCC4)cc3)C12. The van der Waals surface area contributed by atoms with Crippen LogP contribution in [0.1, 0.15) is 17.3 Å². The number of nitrogens with one attached hydrogen (secondary N) is 6. The van der Waals surface area contributed by atoms with E-state index in [0.29, 0.717) is 11.6 Å². The molecule has 4 unspecified atom stereocenters. The highest BCUT2D eigenvalue weighted by molar-refractivity contribution is 6.30. The molecule has 3 saturated heterocycles. The molecule has 3 aliphatic heterocycles. The van der Waals surface area contributed by atoms with Crippen LogP contribution >= 0.6 is 11.6 Å². The fourth-order valence-electron chi connectivity index (χ4n) is 4.73. The second-order valence-electron chi connectivity index (χ2n) is 8.67. The molecule has 2 aromatic carbocycles. The molecule has 1 amide bonds. The van der Waals surface area contributed by atoms with Crippen LogP contribution in [0.4, 0.5) is 5.69 Å². The molecule has 0 radical (unpaired) electrons. The Morgan fingerprint density at radius 3 is 2.50 bits per heavy atom. The summed E-state index contributed by atoms with van der Waals surface area (Å²) in [6, 6.07) is 16.3. The Morgan fingerprint density at radius 1 is 1.00 bits per heavy atom. The molecular weight excluding hydrogens is 426 g/mol. The number of piperazine rings is 1. The first-order chi connectivity index (χ1) is 15.7. The van der Waals surface area contributed by atoms with Crippen LogP contribution in [0.3, 0.4) is 0 Å². The number of amides is 1. The van der Waals surface area contributed by atoms with Crippen molar-refractivity contribution in [1.82, 2.24) is 31.7 Å². The number of nitrogens with zero attached hydrogens (tertiary/aromatic N) is 1. The summed E-state index contributed by atoms with van der Waals surface area (Å²) in [6.45, 7) is 5.88. The number of hydrogen-bond donors (Lipinski definition) is 6. The molecule has 3 fully saturated rings. The number of halogens is 1. The molecule has 32 heavy (non-hydrogen) atoms. The number of hydrazine groups is 1. The standard InChI is InChI=1S/C23H30ClN7O/c24-17-5-3-16(4-6-17)21-28-19-13-26-30-23(32)20(19)22(29-21)27-18-7-1-15(2-8-18)14-31-11-9-25-10-12-31/h1-8,19-22,25-29H,9-14H2,(H,30,32). The van der Waals surface area contributed by atoms with E-state index in [9.17, 15) is 4.79 Å². The highest BCUT2D eigenvalue weighted by Crippen LogP contribution is 2.26. The average Bonchev–Trinajstić information content (AvgIpc) is 2.81. The lowest BCUT2D eigenvalue weighted by Gasteiger charge is -2.46. The largest absolute Gasteiger partial charge is 0.369 e. The fraction of sp³-hybridized carbons (Fsp3) is 0.435. The number of carbonyl (C=O) groups excluding carboxylic acids is 1. The Balaban J connectivity index is 1.30. The summed E-state index contributed by atoms with van der Waals surface area (Å²) in [4.78, 5) is 15.1. The predicted octanol–water partition coefficient (Wildman–Crippen LogP) is 0.994. The van der Waals surface area contributed by atoms with E-state index in [1.807, 2.05) is 24.3 Å². The maximum absolute atomic E-state index is 12.7. The van der Waals surface area contributed by atoms with Gasteiger partial charge in [-0.15, -0.1) is 0 Å². The van der Waals surface area contributed by atoms with Gasteiger partial charge < -0.3 is 10.6 Å². The summed E-state index contributed by atoms with van der Waals surface area (Å²) in [5.41, 5.74) is 9.15. The van der Waals surface area contributed by atoms with Crippen molar-refractivity contribution in [3.63, 3.8) is 0 Å². The quantitative estimate of drug-likeness (QED) is 0.400. The molecule has 4 atom stereocenters. The maximum atomic E-state index is 12.7. The van der Waals surface area contributed by atoms with Crippen molar-refractivity contribution in [2.24, 2.45) is 5.92 Å². The van der Waals surface area contributed by atoms with Crippen LogP contribution < -0.4 is 32.1 Å². The second-order valence-corrected chi connectivity index (χ2v) is 9.10. The zero-order valence-electron chi connectivity index (χ0n) is 17.9. The number of rotatable bonds is 5. The van der Waals surface area contributed by atoms with Crippen molar-refractivity contribution in [3.05, 3.63) is 64.7 Å². The van der Waals surface area contributed by atoms with E-state index in [-0.39, 0.29) is 30.2 Å². The van der Waals surface area contributed by atoms with Crippen LogP contribution in [0.5, 0.6) is 0 Å². The van der Waals surface area contributed by atoms with Crippen LogP contribution in [-0.2, 0) is 11.3 Å². The molecule has 0 saturated carbocycles. The van der Waals surface area contributed by atoms with E-state index in [1.165, 1.54) is 5.56 Å². The minimum atomic E-state index is -0.250. The third-order valence-corrected chi connectivity index (χ3v) is 6.70. The molecule has 0 bridgehead atoms. The molecule has 2 aromatic rings. The van der Waals surface area contributed by atoms with Gasteiger partial charge in [0.05, 0.1) is 18.2 Å². The summed E-state index contributed by atoms with van der Waals surface area (Å²) in [5.74, 6) is -0.274. The zero-order valence-corrected chi connectivity index (χ0v) is 18.7. The van der Waals surface area contributed by atoms with Gasteiger partial charge in [0.2, 0.25) is 5.91 Å². The monoisotopic (exact) mass is 455 g/mol. The second kappa shape index (κ2) is 9.74. The Bertz CT molecular complexity index is 917. The molecule has 3 aliphatic rings. The highest BCUT2D eigenvalue weighted by Gasteiger charge is 2.43. The van der Waals surface area contributed by atoms with Crippen molar-refractivity contribution in [1.29, 1.82) is 0 Å².